The highest BCUT2D eigenvalue weighted by molar-refractivity contribution is 5.76. The van der Waals surface area contributed by atoms with Gasteiger partial charge < -0.3 is 9.84 Å². The van der Waals surface area contributed by atoms with E-state index in [-0.39, 0.29) is 0 Å². The largest absolute Gasteiger partial charge is 0.497 e. The van der Waals surface area contributed by atoms with E-state index >= 15 is 0 Å². The minimum Gasteiger partial charge on any atom is -0.497 e. The van der Waals surface area contributed by atoms with Gasteiger partial charge in [0, 0.05) is 0 Å². The van der Waals surface area contributed by atoms with Gasteiger partial charge in [-0.2, -0.15) is 0 Å². The Kier molecular flexibility index (Phi) is 4.99. The summed E-state index contributed by atoms with van der Waals surface area (Å²) in [5.41, 5.74) is 3.05. The summed E-state index contributed by atoms with van der Waals surface area (Å²) in [5, 5.41) is 9.49. The summed E-state index contributed by atoms with van der Waals surface area (Å²) in [6.07, 6.45) is 1.43. The van der Waals surface area contributed by atoms with Gasteiger partial charge in [0.15, 0.2) is 0 Å². The average Bonchev–Trinajstić information content (AvgIpc) is 2.53. The standard InChI is InChI=1S/C18H20O3/c1-3-13-4-8-15(9-5-13)17(18(19)20)12-14-6-10-16(21-2)11-7-14/h4-11,17H,3,12H2,1-2H3,(H,19,20). The van der Waals surface area contributed by atoms with Gasteiger partial charge in [-0.05, 0) is 41.7 Å². The van der Waals surface area contributed by atoms with Gasteiger partial charge in [-0.25, -0.2) is 0 Å². The number of methoxy groups -OCH3 is 1. The van der Waals surface area contributed by atoms with Gasteiger partial charge in [-0.1, -0.05) is 43.3 Å². The molecule has 0 aliphatic heterocycles. The first-order chi connectivity index (χ1) is 10.1. The van der Waals surface area contributed by atoms with Crippen LogP contribution in [0.25, 0.3) is 0 Å². The van der Waals surface area contributed by atoms with Crippen LogP contribution in [0.3, 0.4) is 0 Å². The first-order valence-corrected chi connectivity index (χ1v) is 7.08. The highest BCUT2D eigenvalue weighted by Crippen LogP contribution is 2.23. The van der Waals surface area contributed by atoms with Crippen molar-refractivity contribution in [2.45, 2.75) is 25.7 Å². The summed E-state index contributed by atoms with van der Waals surface area (Å²) in [7, 11) is 1.62. The van der Waals surface area contributed by atoms with Crippen molar-refractivity contribution in [3.05, 3.63) is 65.2 Å². The van der Waals surface area contributed by atoms with Crippen LogP contribution in [-0.2, 0) is 17.6 Å². The Balaban J connectivity index is 2.19. The van der Waals surface area contributed by atoms with Crippen molar-refractivity contribution in [2.24, 2.45) is 0 Å². The SMILES string of the molecule is CCc1ccc(C(Cc2ccc(OC)cc2)C(=O)O)cc1. The monoisotopic (exact) mass is 284 g/mol. The Morgan fingerprint density at radius 2 is 1.62 bits per heavy atom. The zero-order chi connectivity index (χ0) is 15.2. The number of ether oxygens (including phenoxy) is 1. The molecule has 2 aromatic rings. The first-order valence-electron chi connectivity index (χ1n) is 7.08. The lowest BCUT2D eigenvalue weighted by molar-refractivity contribution is -0.138. The molecule has 0 aromatic heterocycles. The Bertz CT molecular complexity index is 585. The van der Waals surface area contributed by atoms with E-state index < -0.39 is 11.9 Å². The number of aryl methyl sites for hydroxylation is 1. The van der Waals surface area contributed by atoms with Crippen molar-refractivity contribution in [2.75, 3.05) is 7.11 Å². The lowest BCUT2D eigenvalue weighted by atomic mass is 9.91. The molecular weight excluding hydrogens is 264 g/mol. The number of benzene rings is 2. The summed E-state index contributed by atoms with van der Waals surface area (Å²) in [6.45, 7) is 2.08. The van der Waals surface area contributed by atoms with Crippen molar-refractivity contribution in [3.63, 3.8) is 0 Å². The summed E-state index contributed by atoms with van der Waals surface area (Å²) >= 11 is 0. The Labute approximate surface area is 125 Å². The maximum absolute atomic E-state index is 11.6. The molecule has 0 amide bonds. The molecule has 0 spiro atoms. The molecule has 0 radical (unpaired) electrons. The van der Waals surface area contributed by atoms with E-state index in [9.17, 15) is 9.90 Å². The van der Waals surface area contributed by atoms with Crippen molar-refractivity contribution >= 4 is 5.97 Å². The molecule has 0 saturated carbocycles. The summed E-state index contributed by atoms with van der Waals surface area (Å²) in [6, 6.07) is 15.4. The van der Waals surface area contributed by atoms with Gasteiger partial charge in [0.05, 0.1) is 13.0 Å². The molecule has 0 aliphatic carbocycles. The molecule has 0 fully saturated rings. The predicted octanol–water partition coefficient (Wildman–Crippen LogP) is 3.67. The summed E-state index contributed by atoms with van der Waals surface area (Å²) in [5.74, 6) is -0.544. The molecule has 21 heavy (non-hydrogen) atoms. The molecule has 0 bridgehead atoms. The fraction of sp³-hybridized carbons (Fsp3) is 0.278. The maximum atomic E-state index is 11.6. The molecule has 0 heterocycles. The summed E-state index contributed by atoms with van der Waals surface area (Å²) < 4.78 is 5.12. The molecule has 2 rings (SSSR count). The van der Waals surface area contributed by atoms with Crippen LogP contribution in [0.1, 0.15) is 29.5 Å². The smallest absolute Gasteiger partial charge is 0.311 e. The van der Waals surface area contributed by atoms with Crippen molar-refractivity contribution in [3.8, 4) is 5.75 Å². The van der Waals surface area contributed by atoms with E-state index in [1.807, 2.05) is 48.5 Å². The maximum Gasteiger partial charge on any atom is 0.311 e. The Morgan fingerprint density at radius 3 is 2.10 bits per heavy atom. The second kappa shape index (κ2) is 6.93. The Morgan fingerprint density at radius 1 is 1.05 bits per heavy atom. The first kappa shape index (κ1) is 15.1. The van der Waals surface area contributed by atoms with Crippen LogP contribution in [0.4, 0.5) is 0 Å². The average molecular weight is 284 g/mol. The zero-order valence-corrected chi connectivity index (χ0v) is 12.4. The minimum absolute atomic E-state index is 0.477. The molecule has 2 aromatic carbocycles. The van der Waals surface area contributed by atoms with Crippen LogP contribution in [0.5, 0.6) is 5.75 Å². The van der Waals surface area contributed by atoms with E-state index in [4.69, 9.17) is 4.74 Å². The van der Waals surface area contributed by atoms with Crippen molar-refractivity contribution in [1.29, 1.82) is 0 Å². The van der Waals surface area contributed by atoms with Crippen LogP contribution >= 0.6 is 0 Å². The molecule has 1 N–H and O–H groups in total. The van der Waals surface area contributed by atoms with E-state index in [1.54, 1.807) is 7.11 Å². The van der Waals surface area contributed by atoms with Gasteiger partial charge in [-0.15, -0.1) is 0 Å². The fourth-order valence-corrected chi connectivity index (χ4v) is 2.33. The highest BCUT2D eigenvalue weighted by atomic mass is 16.5. The number of hydrogen-bond donors (Lipinski definition) is 1. The number of rotatable bonds is 6. The molecule has 0 aliphatic rings. The number of carboxylic acids is 1. The molecule has 1 unspecified atom stereocenters. The second-order valence-electron chi connectivity index (χ2n) is 5.04. The van der Waals surface area contributed by atoms with Crippen molar-refractivity contribution < 1.29 is 14.6 Å². The molecular formula is C18H20O3. The number of hydrogen-bond acceptors (Lipinski definition) is 2. The normalized spacial score (nSPS) is 11.9. The fourth-order valence-electron chi connectivity index (χ4n) is 2.33. The van der Waals surface area contributed by atoms with Gasteiger partial charge in [-0.3, -0.25) is 4.79 Å². The number of carbonyl (C=O) groups is 1. The van der Waals surface area contributed by atoms with Gasteiger partial charge >= 0.3 is 5.97 Å². The molecule has 110 valence electrons. The van der Waals surface area contributed by atoms with Crippen LogP contribution in [0.15, 0.2) is 48.5 Å². The third-order valence-electron chi connectivity index (χ3n) is 3.69. The van der Waals surface area contributed by atoms with E-state index in [0.29, 0.717) is 6.42 Å². The predicted molar refractivity (Wildman–Crippen MR) is 82.9 cm³/mol. The second-order valence-corrected chi connectivity index (χ2v) is 5.04. The molecule has 1 atom stereocenters. The van der Waals surface area contributed by atoms with E-state index in [1.165, 1.54) is 5.56 Å². The van der Waals surface area contributed by atoms with Crippen molar-refractivity contribution in [1.82, 2.24) is 0 Å². The molecule has 0 saturated heterocycles. The Hall–Kier alpha value is -2.29. The lowest BCUT2D eigenvalue weighted by Crippen LogP contribution is -2.14. The minimum atomic E-state index is -0.796. The zero-order valence-electron chi connectivity index (χ0n) is 12.4. The van der Waals surface area contributed by atoms with Gasteiger partial charge in [0.1, 0.15) is 5.75 Å². The molecule has 3 nitrogen and oxygen atoms in total. The van der Waals surface area contributed by atoms with Crippen LogP contribution in [-0.4, -0.2) is 18.2 Å². The number of carboxylic acid groups (broad SMARTS) is 1. The third-order valence-corrected chi connectivity index (χ3v) is 3.69. The summed E-state index contributed by atoms with van der Waals surface area (Å²) in [4.78, 5) is 11.6. The third kappa shape index (κ3) is 3.85. The van der Waals surface area contributed by atoms with Gasteiger partial charge in [0.2, 0.25) is 0 Å². The molecule has 3 heteroatoms. The van der Waals surface area contributed by atoms with Crippen LogP contribution < -0.4 is 4.74 Å². The highest BCUT2D eigenvalue weighted by Gasteiger charge is 2.20. The van der Waals surface area contributed by atoms with Crippen LogP contribution in [0, 0.1) is 0 Å². The lowest BCUT2D eigenvalue weighted by Gasteiger charge is -2.14. The van der Waals surface area contributed by atoms with Crippen LogP contribution in [0.2, 0.25) is 0 Å². The van der Waals surface area contributed by atoms with Gasteiger partial charge in [0.25, 0.3) is 0 Å². The van der Waals surface area contributed by atoms with E-state index in [0.717, 1.165) is 23.3 Å². The topological polar surface area (TPSA) is 46.5 Å². The van der Waals surface area contributed by atoms with E-state index in [2.05, 4.69) is 6.92 Å². The number of aliphatic carboxylic acids is 1. The quantitative estimate of drug-likeness (QED) is 0.880.